The fraction of sp³-hybridized carbons (Fsp3) is 0.304. The predicted octanol–water partition coefficient (Wildman–Crippen LogP) is 3.30. The van der Waals surface area contributed by atoms with Crippen LogP contribution < -0.4 is 5.32 Å². The number of amides is 2. The topological polar surface area (TPSA) is 52.7 Å². The van der Waals surface area contributed by atoms with Crippen molar-refractivity contribution in [3.63, 3.8) is 0 Å². The van der Waals surface area contributed by atoms with E-state index in [0.29, 0.717) is 12.0 Å². The van der Waals surface area contributed by atoms with E-state index in [1.807, 2.05) is 36.4 Å². The molecular formula is C23H25N3O2S. The van der Waals surface area contributed by atoms with Gasteiger partial charge in [0.15, 0.2) is 0 Å². The Hall–Kier alpha value is -2.70. The number of rotatable bonds is 3. The lowest BCUT2D eigenvalue weighted by Crippen LogP contribution is -2.49. The highest BCUT2D eigenvalue weighted by molar-refractivity contribution is 7.19. The van der Waals surface area contributed by atoms with Gasteiger partial charge in [0, 0.05) is 43.3 Å². The number of likely N-dealkylation sites (N-methyl/N-ethyl adjacent to an activating group) is 1. The Morgan fingerprint density at radius 3 is 2.48 bits per heavy atom. The number of nitrogens with one attached hydrogen (secondary N) is 1. The summed E-state index contributed by atoms with van der Waals surface area (Å²) < 4.78 is 1.22. The Balaban J connectivity index is 1.83. The fourth-order valence-corrected chi connectivity index (χ4v) is 5.25. The molecule has 0 radical (unpaired) electrons. The number of carbonyl (C=O) groups excluding carboxylic acids is 2. The lowest BCUT2D eigenvalue weighted by Gasteiger charge is -2.32. The van der Waals surface area contributed by atoms with E-state index in [-0.39, 0.29) is 23.9 Å². The molecule has 4 rings (SSSR count). The van der Waals surface area contributed by atoms with Crippen LogP contribution >= 0.6 is 11.3 Å². The fourth-order valence-electron chi connectivity index (χ4n) is 3.93. The number of carbonyl (C=O) groups is 2. The Bertz CT molecular complexity index is 1090. The zero-order valence-electron chi connectivity index (χ0n) is 17.1. The minimum absolute atomic E-state index is 0.0276. The van der Waals surface area contributed by atoms with Crippen LogP contribution in [0.15, 0.2) is 48.5 Å². The van der Waals surface area contributed by atoms with Gasteiger partial charge in [-0.3, -0.25) is 14.9 Å². The van der Waals surface area contributed by atoms with Gasteiger partial charge in [0.25, 0.3) is 5.91 Å². The highest BCUT2D eigenvalue weighted by atomic mass is 32.1. The molecule has 1 aliphatic heterocycles. The second-order valence-corrected chi connectivity index (χ2v) is 8.94. The zero-order chi connectivity index (χ0) is 20.7. The van der Waals surface area contributed by atoms with Gasteiger partial charge in [0.2, 0.25) is 5.91 Å². The molecule has 2 heterocycles. The van der Waals surface area contributed by atoms with Crippen LogP contribution in [-0.4, -0.2) is 55.8 Å². The average molecular weight is 408 g/mol. The first kappa shape index (κ1) is 19.6. The third-order valence-electron chi connectivity index (χ3n) is 5.38. The maximum Gasteiger partial charge on any atom is 0.253 e. The number of benzene rings is 2. The summed E-state index contributed by atoms with van der Waals surface area (Å²) in [6.07, 6.45) is 0.670. The third-order valence-corrected chi connectivity index (χ3v) is 6.66. The predicted molar refractivity (Wildman–Crippen MR) is 117 cm³/mol. The summed E-state index contributed by atoms with van der Waals surface area (Å²) in [6, 6.07) is 15.7. The van der Waals surface area contributed by atoms with Crippen LogP contribution in [-0.2, 0) is 11.2 Å². The van der Waals surface area contributed by atoms with E-state index in [2.05, 4.69) is 17.4 Å². The second-order valence-electron chi connectivity index (χ2n) is 7.86. The van der Waals surface area contributed by atoms with E-state index in [4.69, 9.17) is 0 Å². The van der Waals surface area contributed by atoms with E-state index < -0.39 is 0 Å². The van der Waals surface area contributed by atoms with Gasteiger partial charge < -0.3 is 9.80 Å². The van der Waals surface area contributed by atoms with Crippen LogP contribution in [0.3, 0.4) is 0 Å². The third kappa shape index (κ3) is 3.54. The first-order valence-electron chi connectivity index (χ1n) is 9.66. The molecule has 2 atom stereocenters. The highest BCUT2D eigenvalue weighted by Crippen LogP contribution is 2.41. The van der Waals surface area contributed by atoms with Crippen molar-refractivity contribution in [3.8, 4) is 0 Å². The summed E-state index contributed by atoms with van der Waals surface area (Å²) in [5.74, 6) is 0.0385. The molecule has 150 valence electrons. The summed E-state index contributed by atoms with van der Waals surface area (Å²) in [5.41, 5.74) is 2.89. The molecule has 5 nitrogen and oxygen atoms in total. The molecule has 0 saturated carbocycles. The summed E-state index contributed by atoms with van der Waals surface area (Å²) in [7, 11) is 7.08. The number of hydrogen-bond donors (Lipinski definition) is 1. The molecule has 0 spiro atoms. The van der Waals surface area contributed by atoms with Crippen molar-refractivity contribution >= 4 is 33.2 Å². The van der Waals surface area contributed by atoms with Gasteiger partial charge in [-0.1, -0.05) is 30.3 Å². The SMILES string of the molecule is CN(C)C(=O)c1cccc(C2N[C@@H](C(=O)N(C)C)Cc3c2sc2ccccc32)c1. The van der Waals surface area contributed by atoms with Crippen molar-refractivity contribution < 1.29 is 9.59 Å². The molecular weight excluding hydrogens is 382 g/mol. The van der Waals surface area contributed by atoms with Crippen LogP contribution in [0.1, 0.15) is 32.4 Å². The van der Waals surface area contributed by atoms with Crippen molar-refractivity contribution in [1.82, 2.24) is 15.1 Å². The number of fused-ring (bicyclic) bond motifs is 3. The molecule has 3 aromatic rings. The van der Waals surface area contributed by atoms with E-state index in [1.165, 1.54) is 20.5 Å². The lowest BCUT2D eigenvalue weighted by atomic mass is 9.90. The van der Waals surface area contributed by atoms with Crippen molar-refractivity contribution in [1.29, 1.82) is 0 Å². The average Bonchev–Trinajstić information content (AvgIpc) is 3.10. The molecule has 0 saturated heterocycles. The quantitative estimate of drug-likeness (QED) is 0.725. The molecule has 1 aromatic heterocycles. The smallest absolute Gasteiger partial charge is 0.253 e. The Morgan fingerprint density at radius 2 is 1.76 bits per heavy atom. The normalized spacial score (nSPS) is 18.3. The van der Waals surface area contributed by atoms with E-state index in [1.54, 1.807) is 49.3 Å². The van der Waals surface area contributed by atoms with E-state index >= 15 is 0 Å². The minimum atomic E-state index is -0.297. The molecule has 0 bridgehead atoms. The van der Waals surface area contributed by atoms with E-state index in [0.717, 1.165) is 5.56 Å². The van der Waals surface area contributed by atoms with Crippen LogP contribution in [0.25, 0.3) is 10.1 Å². The van der Waals surface area contributed by atoms with Crippen LogP contribution in [0.2, 0.25) is 0 Å². The van der Waals surface area contributed by atoms with Crippen LogP contribution in [0, 0.1) is 0 Å². The lowest BCUT2D eigenvalue weighted by molar-refractivity contribution is -0.131. The maximum absolute atomic E-state index is 12.8. The van der Waals surface area contributed by atoms with Gasteiger partial charge in [-0.25, -0.2) is 0 Å². The number of nitrogens with zero attached hydrogens (tertiary/aromatic N) is 2. The van der Waals surface area contributed by atoms with Gasteiger partial charge in [-0.2, -0.15) is 0 Å². The summed E-state index contributed by atoms with van der Waals surface area (Å²) in [4.78, 5) is 29.7. The Labute approximate surface area is 174 Å². The molecule has 1 aliphatic rings. The molecule has 29 heavy (non-hydrogen) atoms. The summed E-state index contributed by atoms with van der Waals surface area (Å²) in [6.45, 7) is 0. The molecule has 1 unspecified atom stereocenters. The minimum Gasteiger partial charge on any atom is -0.347 e. The summed E-state index contributed by atoms with van der Waals surface area (Å²) >= 11 is 1.76. The van der Waals surface area contributed by atoms with Gasteiger partial charge >= 0.3 is 0 Å². The molecule has 0 aliphatic carbocycles. The van der Waals surface area contributed by atoms with Gasteiger partial charge in [-0.05, 0) is 41.1 Å². The van der Waals surface area contributed by atoms with Crippen molar-refractivity contribution in [2.45, 2.75) is 18.5 Å². The first-order chi connectivity index (χ1) is 13.9. The van der Waals surface area contributed by atoms with Crippen LogP contribution in [0.5, 0.6) is 0 Å². The molecule has 0 fully saturated rings. The van der Waals surface area contributed by atoms with Crippen molar-refractivity contribution in [2.75, 3.05) is 28.2 Å². The number of thiophene rings is 1. The van der Waals surface area contributed by atoms with Crippen LogP contribution in [0.4, 0.5) is 0 Å². The second kappa shape index (κ2) is 7.61. The highest BCUT2D eigenvalue weighted by Gasteiger charge is 2.34. The monoisotopic (exact) mass is 407 g/mol. The molecule has 2 aromatic carbocycles. The molecule has 6 heteroatoms. The molecule has 2 amide bonds. The van der Waals surface area contributed by atoms with Crippen molar-refractivity contribution in [3.05, 3.63) is 70.1 Å². The Morgan fingerprint density at radius 1 is 1.00 bits per heavy atom. The van der Waals surface area contributed by atoms with Gasteiger partial charge in [0.1, 0.15) is 0 Å². The first-order valence-corrected chi connectivity index (χ1v) is 10.5. The van der Waals surface area contributed by atoms with E-state index in [9.17, 15) is 9.59 Å². The number of hydrogen-bond acceptors (Lipinski definition) is 4. The summed E-state index contributed by atoms with van der Waals surface area (Å²) in [5, 5.41) is 4.78. The van der Waals surface area contributed by atoms with Crippen molar-refractivity contribution in [2.24, 2.45) is 0 Å². The van der Waals surface area contributed by atoms with Gasteiger partial charge in [0.05, 0.1) is 12.1 Å². The Kier molecular flexibility index (Phi) is 5.15. The standard InChI is InChI=1S/C23H25N3O2S/c1-25(2)22(27)15-9-7-8-14(12-15)20-21-17(13-18(24-20)23(28)26(3)4)16-10-5-6-11-19(16)29-21/h5-12,18,20,24H,13H2,1-4H3/t18-,20?/m1/s1. The zero-order valence-corrected chi connectivity index (χ0v) is 17.9. The molecule has 1 N–H and O–H groups in total. The largest absolute Gasteiger partial charge is 0.347 e. The van der Waals surface area contributed by atoms with Gasteiger partial charge in [-0.15, -0.1) is 11.3 Å². The maximum atomic E-state index is 12.8.